The van der Waals surface area contributed by atoms with E-state index >= 15 is 0 Å². The number of carbonyl (C=O) groups is 2. The summed E-state index contributed by atoms with van der Waals surface area (Å²) < 4.78 is 4.28. The summed E-state index contributed by atoms with van der Waals surface area (Å²) in [4.78, 5) is 23.1. The van der Waals surface area contributed by atoms with Gasteiger partial charge in [0, 0.05) is 13.1 Å². The van der Waals surface area contributed by atoms with Gasteiger partial charge in [0.15, 0.2) is 0 Å². The molecule has 14 heavy (non-hydrogen) atoms. The predicted molar refractivity (Wildman–Crippen MR) is 50.6 cm³/mol. The lowest BCUT2D eigenvalue weighted by molar-refractivity contribution is 0.124. The van der Waals surface area contributed by atoms with Crippen LogP contribution in [-0.2, 0) is 4.74 Å². The molecule has 1 heterocycles. The van der Waals surface area contributed by atoms with Crippen LogP contribution in [-0.4, -0.2) is 30.2 Å². The standard InChI is InChI=1S/C9H14N2O3/c1-2-7-4-3-5-11(6-7)9(13)14-8(10)12/h4H,2-3,5-6H2,1H3,(H2,10,12). The number of carbonyl (C=O) groups excluding carboxylic acids is 2. The van der Waals surface area contributed by atoms with Gasteiger partial charge < -0.3 is 15.4 Å². The highest BCUT2D eigenvalue weighted by Gasteiger charge is 2.19. The van der Waals surface area contributed by atoms with E-state index in [1.807, 2.05) is 6.92 Å². The monoisotopic (exact) mass is 198 g/mol. The van der Waals surface area contributed by atoms with Gasteiger partial charge in [0.1, 0.15) is 0 Å². The molecule has 0 atom stereocenters. The Labute approximate surface area is 82.5 Å². The van der Waals surface area contributed by atoms with E-state index < -0.39 is 12.2 Å². The van der Waals surface area contributed by atoms with Crippen LogP contribution in [0.2, 0.25) is 0 Å². The predicted octanol–water partition coefficient (Wildman–Crippen LogP) is 1.24. The average Bonchev–Trinajstić information content (AvgIpc) is 2.17. The van der Waals surface area contributed by atoms with Crippen LogP contribution in [0.3, 0.4) is 0 Å². The number of hydrogen-bond acceptors (Lipinski definition) is 3. The van der Waals surface area contributed by atoms with Gasteiger partial charge in [-0.25, -0.2) is 9.59 Å². The number of hydrogen-bond donors (Lipinski definition) is 1. The van der Waals surface area contributed by atoms with E-state index in [1.165, 1.54) is 10.5 Å². The van der Waals surface area contributed by atoms with Crippen molar-refractivity contribution in [1.82, 2.24) is 4.90 Å². The van der Waals surface area contributed by atoms with Gasteiger partial charge in [-0.15, -0.1) is 0 Å². The summed E-state index contributed by atoms with van der Waals surface area (Å²) >= 11 is 0. The summed E-state index contributed by atoms with van der Waals surface area (Å²) in [5.74, 6) is 0. The first-order chi connectivity index (χ1) is 6.63. The zero-order chi connectivity index (χ0) is 10.6. The second kappa shape index (κ2) is 4.64. The van der Waals surface area contributed by atoms with Crippen molar-refractivity contribution in [3.63, 3.8) is 0 Å². The average molecular weight is 198 g/mol. The van der Waals surface area contributed by atoms with Gasteiger partial charge in [0.2, 0.25) is 0 Å². The van der Waals surface area contributed by atoms with Crippen LogP contribution in [0.4, 0.5) is 9.59 Å². The number of nitrogens with two attached hydrogens (primary N) is 1. The normalized spacial score (nSPS) is 16.1. The van der Waals surface area contributed by atoms with Crippen LogP contribution in [0.15, 0.2) is 11.6 Å². The molecule has 2 N–H and O–H groups in total. The Morgan fingerprint density at radius 3 is 2.93 bits per heavy atom. The Hall–Kier alpha value is -1.52. The second-order valence-corrected chi connectivity index (χ2v) is 3.11. The van der Waals surface area contributed by atoms with Crippen molar-refractivity contribution in [2.75, 3.05) is 13.1 Å². The molecule has 1 aliphatic rings. The first-order valence-corrected chi connectivity index (χ1v) is 4.57. The molecule has 0 saturated carbocycles. The molecule has 1 aliphatic heterocycles. The maximum Gasteiger partial charge on any atom is 0.419 e. The summed E-state index contributed by atoms with van der Waals surface area (Å²) in [7, 11) is 0. The molecule has 5 nitrogen and oxygen atoms in total. The summed E-state index contributed by atoms with van der Waals surface area (Å²) in [6.45, 7) is 3.13. The first-order valence-electron chi connectivity index (χ1n) is 4.57. The molecule has 0 aromatic heterocycles. The number of primary amides is 1. The van der Waals surface area contributed by atoms with Crippen LogP contribution in [0.1, 0.15) is 19.8 Å². The molecule has 0 saturated heterocycles. The largest absolute Gasteiger partial charge is 0.419 e. The lowest BCUT2D eigenvalue weighted by Crippen LogP contribution is -2.38. The summed E-state index contributed by atoms with van der Waals surface area (Å²) in [5.41, 5.74) is 5.92. The van der Waals surface area contributed by atoms with E-state index in [1.54, 1.807) is 0 Å². The Balaban J connectivity index is 2.50. The minimum Gasteiger partial charge on any atom is -0.359 e. The van der Waals surface area contributed by atoms with Crippen LogP contribution >= 0.6 is 0 Å². The van der Waals surface area contributed by atoms with Crippen molar-refractivity contribution in [2.45, 2.75) is 19.8 Å². The molecule has 0 unspecified atom stereocenters. The molecular weight excluding hydrogens is 184 g/mol. The van der Waals surface area contributed by atoms with E-state index in [4.69, 9.17) is 5.73 Å². The topological polar surface area (TPSA) is 72.6 Å². The van der Waals surface area contributed by atoms with Gasteiger partial charge in [-0.3, -0.25) is 0 Å². The van der Waals surface area contributed by atoms with E-state index in [0.717, 1.165) is 12.8 Å². The lowest BCUT2D eigenvalue weighted by Gasteiger charge is -2.25. The Morgan fingerprint density at radius 1 is 1.64 bits per heavy atom. The fourth-order valence-electron chi connectivity index (χ4n) is 1.38. The third-order valence-electron chi connectivity index (χ3n) is 2.13. The van der Waals surface area contributed by atoms with Gasteiger partial charge in [0.25, 0.3) is 0 Å². The third-order valence-corrected chi connectivity index (χ3v) is 2.13. The van der Waals surface area contributed by atoms with Crippen molar-refractivity contribution < 1.29 is 14.3 Å². The molecule has 0 aromatic rings. The fourth-order valence-corrected chi connectivity index (χ4v) is 1.38. The molecular formula is C9H14N2O3. The molecule has 0 fully saturated rings. The van der Waals surface area contributed by atoms with Crippen molar-refractivity contribution in [3.05, 3.63) is 11.6 Å². The van der Waals surface area contributed by atoms with Gasteiger partial charge in [-0.2, -0.15) is 0 Å². The van der Waals surface area contributed by atoms with Crippen molar-refractivity contribution in [2.24, 2.45) is 5.73 Å². The quantitative estimate of drug-likeness (QED) is 0.509. The first kappa shape index (κ1) is 10.6. The number of nitrogens with zero attached hydrogens (tertiary/aromatic N) is 1. The van der Waals surface area contributed by atoms with E-state index in [9.17, 15) is 9.59 Å². The molecule has 1 rings (SSSR count). The van der Waals surface area contributed by atoms with Crippen molar-refractivity contribution in [3.8, 4) is 0 Å². The zero-order valence-corrected chi connectivity index (χ0v) is 8.16. The van der Waals surface area contributed by atoms with Crippen LogP contribution in [0.25, 0.3) is 0 Å². The van der Waals surface area contributed by atoms with Crippen LogP contribution in [0, 0.1) is 0 Å². The van der Waals surface area contributed by atoms with Gasteiger partial charge >= 0.3 is 12.2 Å². The minimum atomic E-state index is -1.05. The van der Waals surface area contributed by atoms with Gasteiger partial charge in [0.05, 0.1) is 0 Å². The number of amides is 2. The van der Waals surface area contributed by atoms with E-state index in [0.29, 0.717) is 13.1 Å². The summed E-state index contributed by atoms with van der Waals surface area (Å²) in [6, 6.07) is 0. The smallest absolute Gasteiger partial charge is 0.359 e. The van der Waals surface area contributed by atoms with E-state index in [-0.39, 0.29) is 0 Å². The van der Waals surface area contributed by atoms with Gasteiger partial charge in [-0.05, 0) is 12.8 Å². The number of ether oxygens (including phenoxy) is 1. The van der Waals surface area contributed by atoms with Crippen LogP contribution < -0.4 is 5.73 Å². The molecule has 78 valence electrons. The maximum absolute atomic E-state index is 11.2. The summed E-state index contributed by atoms with van der Waals surface area (Å²) in [5, 5.41) is 0. The fraction of sp³-hybridized carbons (Fsp3) is 0.556. The van der Waals surface area contributed by atoms with Crippen molar-refractivity contribution >= 4 is 12.2 Å². The highest BCUT2D eigenvalue weighted by Crippen LogP contribution is 2.13. The molecule has 5 heteroatoms. The van der Waals surface area contributed by atoms with Crippen molar-refractivity contribution in [1.29, 1.82) is 0 Å². The maximum atomic E-state index is 11.2. The second-order valence-electron chi connectivity index (χ2n) is 3.11. The third kappa shape index (κ3) is 2.76. The SMILES string of the molecule is CCC1=CCCN(C(=O)OC(N)=O)C1. The van der Waals surface area contributed by atoms with Gasteiger partial charge in [-0.1, -0.05) is 18.6 Å². The molecule has 0 aromatic carbocycles. The minimum absolute atomic E-state index is 0.530. The Kier molecular flexibility index (Phi) is 3.50. The molecule has 0 spiro atoms. The summed E-state index contributed by atoms with van der Waals surface area (Å²) in [6.07, 6.45) is 2.10. The zero-order valence-electron chi connectivity index (χ0n) is 8.16. The molecule has 0 aliphatic carbocycles. The number of rotatable bonds is 1. The molecule has 0 bridgehead atoms. The molecule has 2 amide bonds. The van der Waals surface area contributed by atoms with E-state index in [2.05, 4.69) is 10.8 Å². The highest BCUT2D eigenvalue weighted by molar-refractivity contribution is 5.82. The lowest BCUT2D eigenvalue weighted by atomic mass is 10.1. The Morgan fingerprint density at radius 2 is 2.36 bits per heavy atom. The highest BCUT2D eigenvalue weighted by atomic mass is 16.6. The van der Waals surface area contributed by atoms with Crippen LogP contribution in [0.5, 0.6) is 0 Å². The molecule has 0 radical (unpaired) electrons. The Bertz CT molecular complexity index is 273.